The van der Waals surface area contributed by atoms with E-state index in [0.29, 0.717) is 31.3 Å². The van der Waals surface area contributed by atoms with Gasteiger partial charge in [-0.05, 0) is 39.2 Å². The zero-order valence-corrected chi connectivity index (χ0v) is 11.8. The van der Waals surface area contributed by atoms with Crippen molar-refractivity contribution >= 4 is 11.9 Å². The second-order valence-electron chi connectivity index (χ2n) is 6.12. The molecule has 0 aliphatic carbocycles. The first-order valence-corrected chi connectivity index (χ1v) is 7.22. The number of hydrogen-bond donors (Lipinski definition) is 1. The quantitative estimate of drug-likeness (QED) is 0.827. The van der Waals surface area contributed by atoms with Gasteiger partial charge in [-0.3, -0.25) is 9.59 Å². The minimum atomic E-state index is -0.771. The minimum absolute atomic E-state index is 0.125. The fraction of sp³-hybridized carbons (Fsp3) is 0.857. The highest BCUT2D eigenvalue weighted by molar-refractivity contribution is 5.80. The molecule has 2 saturated heterocycles. The van der Waals surface area contributed by atoms with E-state index in [-0.39, 0.29) is 11.8 Å². The number of carboxylic acids is 1. The molecule has 2 aliphatic rings. The van der Waals surface area contributed by atoms with Crippen LogP contribution in [0.1, 0.15) is 33.1 Å². The Hall–Kier alpha value is -1.10. The Labute approximate surface area is 114 Å². The SMILES string of the molecule is CC(C)N1CCC(CN2CC(C(=O)O)CCC2=O)C1. The lowest BCUT2D eigenvalue weighted by Gasteiger charge is -2.32. The van der Waals surface area contributed by atoms with E-state index in [1.165, 1.54) is 0 Å². The van der Waals surface area contributed by atoms with Crippen LogP contribution in [0.2, 0.25) is 0 Å². The third kappa shape index (κ3) is 3.47. The van der Waals surface area contributed by atoms with E-state index in [0.717, 1.165) is 26.1 Å². The number of likely N-dealkylation sites (tertiary alicyclic amines) is 2. The van der Waals surface area contributed by atoms with Gasteiger partial charge in [-0.2, -0.15) is 0 Å². The first-order valence-electron chi connectivity index (χ1n) is 7.22. The highest BCUT2D eigenvalue weighted by Gasteiger charge is 2.33. The van der Waals surface area contributed by atoms with Crippen molar-refractivity contribution in [3.63, 3.8) is 0 Å². The van der Waals surface area contributed by atoms with Gasteiger partial charge in [0.05, 0.1) is 5.92 Å². The van der Waals surface area contributed by atoms with Gasteiger partial charge in [0.1, 0.15) is 0 Å². The molecule has 0 bridgehead atoms. The molecule has 19 heavy (non-hydrogen) atoms. The van der Waals surface area contributed by atoms with Crippen LogP contribution in [0.3, 0.4) is 0 Å². The van der Waals surface area contributed by atoms with Crippen molar-refractivity contribution in [3.05, 3.63) is 0 Å². The lowest BCUT2D eigenvalue weighted by Crippen LogP contribution is -2.45. The summed E-state index contributed by atoms with van der Waals surface area (Å²) in [5.41, 5.74) is 0. The van der Waals surface area contributed by atoms with Gasteiger partial charge in [0, 0.05) is 32.1 Å². The summed E-state index contributed by atoms with van der Waals surface area (Å²) in [5.74, 6) is -0.521. The Balaban J connectivity index is 1.87. The molecule has 2 atom stereocenters. The number of carbonyl (C=O) groups excluding carboxylic acids is 1. The van der Waals surface area contributed by atoms with Gasteiger partial charge in [0.15, 0.2) is 0 Å². The average molecular weight is 268 g/mol. The van der Waals surface area contributed by atoms with Gasteiger partial charge < -0.3 is 14.9 Å². The topological polar surface area (TPSA) is 60.9 Å². The number of piperidine rings is 1. The molecule has 0 aromatic carbocycles. The molecular formula is C14H24N2O3. The van der Waals surface area contributed by atoms with Crippen molar-refractivity contribution in [1.29, 1.82) is 0 Å². The predicted molar refractivity (Wildman–Crippen MR) is 71.8 cm³/mol. The van der Waals surface area contributed by atoms with Gasteiger partial charge in [-0.1, -0.05) is 0 Å². The third-order valence-electron chi connectivity index (χ3n) is 4.38. The van der Waals surface area contributed by atoms with E-state index in [1.807, 2.05) is 0 Å². The molecule has 1 N–H and O–H groups in total. The smallest absolute Gasteiger partial charge is 0.308 e. The van der Waals surface area contributed by atoms with Crippen LogP contribution in [0.5, 0.6) is 0 Å². The third-order valence-corrected chi connectivity index (χ3v) is 4.38. The van der Waals surface area contributed by atoms with E-state index in [9.17, 15) is 9.59 Å². The van der Waals surface area contributed by atoms with Crippen LogP contribution in [-0.2, 0) is 9.59 Å². The van der Waals surface area contributed by atoms with Gasteiger partial charge >= 0.3 is 5.97 Å². The Morgan fingerprint density at radius 2 is 2.11 bits per heavy atom. The average Bonchev–Trinajstić information content (AvgIpc) is 2.80. The predicted octanol–water partition coefficient (Wildman–Crippen LogP) is 1.04. The van der Waals surface area contributed by atoms with Crippen LogP contribution in [0, 0.1) is 11.8 Å². The molecule has 0 aromatic heterocycles. The maximum absolute atomic E-state index is 11.9. The summed E-state index contributed by atoms with van der Waals surface area (Å²) < 4.78 is 0. The molecule has 2 unspecified atom stereocenters. The van der Waals surface area contributed by atoms with Crippen LogP contribution in [0.4, 0.5) is 0 Å². The molecule has 0 radical (unpaired) electrons. The van der Waals surface area contributed by atoms with Gasteiger partial charge in [-0.15, -0.1) is 0 Å². The van der Waals surface area contributed by atoms with E-state index in [4.69, 9.17) is 5.11 Å². The van der Waals surface area contributed by atoms with Crippen molar-refractivity contribution in [1.82, 2.24) is 9.80 Å². The molecule has 0 aromatic rings. The number of hydrogen-bond acceptors (Lipinski definition) is 3. The second-order valence-corrected chi connectivity index (χ2v) is 6.12. The summed E-state index contributed by atoms with van der Waals surface area (Å²) in [6, 6.07) is 0.550. The summed E-state index contributed by atoms with van der Waals surface area (Å²) in [5, 5.41) is 9.07. The van der Waals surface area contributed by atoms with Crippen LogP contribution in [0.25, 0.3) is 0 Å². The first-order chi connectivity index (χ1) is 8.97. The Kier molecular flexibility index (Phi) is 4.45. The molecule has 2 heterocycles. The van der Waals surface area contributed by atoms with Crippen molar-refractivity contribution in [2.24, 2.45) is 11.8 Å². The number of rotatable bonds is 4. The Bertz CT molecular complexity index is 357. The maximum atomic E-state index is 11.9. The molecule has 5 nitrogen and oxygen atoms in total. The van der Waals surface area contributed by atoms with E-state index in [1.54, 1.807) is 4.90 Å². The molecule has 0 saturated carbocycles. The fourth-order valence-corrected chi connectivity index (χ4v) is 3.09. The zero-order valence-electron chi connectivity index (χ0n) is 11.8. The number of carboxylic acid groups (broad SMARTS) is 1. The Morgan fingerprint density at radius 3 is 2.68 bits per heavy atom. The molecule has 2 aliphatic heterocycles. The molecule has 0 spiro atoms. The summed E-state index contributed by atoms with van der Waals surface area (Å²) in [7, 11) is 0. The number of aliphatic carboxylic acids is 1. The van der Waals surface area contributed by atoms with Crippen molar-refractivity contribution < 1.29 is 14.7 Å². The van der Waals surface area contributed by atoms with Gasteiger partial charge in [0.25, 0.3) is 0 Å². The molecular weight excluding hydrogens is 244 g/mol. The van der Waals surface area contributed by atoms with E-state index >= 15 is 0 Å². The van der Waals surface area contributed by atoms with Gasteiger partial charge in [-0.25, -0.2) is 0 Å². The van der Waals surface area contributed by atoms with Gasteiger partial charge in [0.2, 0.25) is 5.91 Å². The zero-order chi connectivity index (χ0) is 14.0. The fourth-order valence-electron chi connectivity index (χ4n) is 3.09. The van der Waals surface area contributed by atoms with Crippen molar-refractivity contribution in [2.75, 3.05) is 26.2 Å². The summed E-state index contributed by atoms with van der Waals surface area (Å²) in [6.07, 6.45) is 1.99. The lowest BCUT2D eigenvalue weighted by atomic mass is 9.96. The van der Waals surface area contributed by atoms with Crippen molar-refractivity contribution in [2.45, 2.75) is 39.2 Å². The maximum Gasteiger partial charge on any atom is 0.308 e. The first kappa shape index (κ1) is 14.3. The summed E-state index contributed by atoms with van der Waals surface area (Å²) in [6.45, 7) is 7.62. The number of amides is 1. The number of nitrogens with zero attached hydrogens (tertiary/aromatic N) is 2. The minimum Gasteiger partial charge on any atom is -0.481 e. The largest absolute Gasteiger partial charge is 0.481 e. The standard InChI is InChI=1S/C14H24N2O3/c1-10(2)15-6-5-11(7-15)8-16-9-12(14(18)19)3-4-13(16)17/h10-12H,3-9H2,1-2H3,(H,18,19). The van der Waals surface area contributed by atoms with Crippen LogP contribution >= 0.6 is 0 Å². The Morgan fingerprint density at radius 1 is 1.37 bits per heavy atom. The summed E-state index contributed by atoms with van der Waals surface area (Å²) >= 11 is 0. The number of carbonyl (C=O) groups is 2. The monoisotopic (exact) mass is 268 g/mol. The van der Waals surface area contributed by atoms with Crippen LogP contribution in [0.15, 0.2) is 0 Å². The second kappa shape index (κ2) is 5.90. The molecule has 2 fully saturated rings. The van der Waals surface area contributed by atoms with Crippen molar-refractivity contribution in [3.8, 4) is 0 Å². The molecule has 5 heteroatoms. The van der Waals surface area contributed by atoms with Crippen LogP contribution in [-0.4, -0.2) is 59.0 Å². The molecule has 2 rings (SSSR count). The molecule has 108 valence electrons. The highest BCUT2D eigenvalue weighted by Crippen LogP contribution is 2.23. The highest BCUT2D eigenvalue weighted by atomic mass is 16.4. The lowest BCUT2D eigenvalue weighted by molar-refractivity contribution is -0.147. The van der Waals surface area contributed by atoms with Crippen LogP contribution < -0.4 is 0 Å². The molecule has 1 amide bonds. The van der Waals surface area contributed by atoms with E-state index in [2.05, 4.69) is 18.7 Å². The van der Waals surface area contributed by atoms with E-state index < -0.39 is 5.97 Å². The summed E-state index contributed by atoms with van der Waals surface area (Å²) in [4.78, 5) is 27.1. The normalized spacial score (nSPS) is 29.2.